The van der Waals surface area contributed by atoms with Crippen molar-refractivity contribution in [2.45, 2.75) is 13.0 Å². The average molecular weight is 278 g/mol. The van der Waals surface area contributed by atoms with E-state index >= 15 is 0 Å². The number of carbonyl (C=O) groups excluding carboxylic acids is 1. The summed E-state index contributed by atoms with van der Waals surface area (Å²) in [6, 6.07) is 16.4. The van der Waals surface area contributed by atoms with Crippen LogP contribution in [-0.2, 0) is 17.8 Å². The Balaban J connectivity index is 1.81. The summed E-state index contributed by atoms with van der Waals surface area (Å²) >= 11 is 0. The Morgan fingerprint density at radius 3 is 2.67 bits per heavy atom. The molecule has 0 saturated carbocycles. The minimum absolute atomic E-state index is 0.00192. The molecule has 0 saturated heterocycles. The van der Waals surface area contributed by atoms with Crippen LogP contribution in [0.15, 0.2) is 61.2 Å². The lowest BCUT2D eigenvalue weighted by molar-refractivity contribution is -0.126. The van der Waals surface area contributed by atoms with E-state index in [1.807, 2.05) is 35.2 Å². The third kappa shape index (κ3) is 2.97. The van der Waals surface area contributed by atoms with E-state index in [-0.39, 0.29) is 5.91 Å². The van der Waals surface area contributed by atoms with Crippen molar-refractivity contribution in [3.8, 4) is 0 Å². The number of hydrogen-bond acceptors (Lipinski definition) is 2. The van der Waals surface area contributed by atoms with Crippen LogP contribution in [0.4, 0.5) is 11.4 Å². The van der Waals surface area contributed by atoms with Gasteiger partial charge in [-0.25, -0.2) is 0 Å². The average Bonchev–Trinajstić information content (AvgIpc) is 2.54. The van der Waals surface area contributed by atoms with E-state index in [1.54, 1.807) is 0 Å². The lowest BCUT2D eigenvalue weighted by Gasteiger charge is -2.28. The number of hydrogen-bond donors (Lipinski definition) is 1. The van der Waals surface area contributed by atoms with Crippen LogP contribution in [0.1, 0.15) is 11.1 Å². The zero-order valence-electron chi connectivity index (χ0n) is 11.9. The summed E-state index contributed by atoms with van der Waals surface area (Å²) in [5.74, 6) is 0.00192. The molecule has 0 aliphatic carbocycles. The van der Waals surface area contributed by atoms with E-state index in [9.17, 15) is 4.79 Å². The normalized spacial score (nSPS) is 13.4. The largest absolute Gasteiger partial charge is 0.356 e. The van der Waals surface area contributed by atoms with Gasteiger partial charge in [-0.1, -0.05) is 30.8 Å². The van der Waals surface area contributed by atoms with E-state index in [2.05, 4.69) is 30.1 Å². The fourth-order valence-electron chi connectivity index (χ4n) is 2.64. The Labute approximate surface area is 124 Å². The van der Waals surface area contributed by atoms with Crippen molar-refractivity contribution in [2.24, 2.45) is 0 Å². The monoisotopic (exact) mass is 278 g/mol. The number of fused-ring (bicyclic) bond motifs is 1. The van der Waals surface area contributed by atoms with Gasteiger partial charge in [0.15, 0.2) is 0 Å². The van der Waals surface area contributed by atoms with Crippen LogP contribution in [0.3, 0.4) is 0 Å². The van der Waals surface area contributed by atoms with E-state index in [4.69, 9.17) is 0 Å². The molecular weight excluding hydrogens is 260 g/mol. The lowest BCUT2D eigenvalue weighted by Crippen LogP contribution is -2.34. The zero-order valence-corrected chi connectivity index (χ0v) is 11.9. The minimum Gasteiger partial charge on any atom is -0.356 e. The van der Waals surface area contributed by atoms with Gasteiger partial charge in [-0.15, -0.1) is 0 Å². The molecule has 106 valence electrons. The lowest BCUT2D eigenvalue weighted by atomic mass is 9.99. The first-order valence-corrected chi connectivity index (χ1v) is 7.11. The van der Waals surface area contributed by atoms with Gasteiger partial charge in [0, 0.05) is 24.5 Å². The SMILES string of the molecule is C=CC(=O)N1CCc2ccc(Nc3ccccc3)cc2C1. The number of anilines is 2. The first-order valence-electron chi connectivity index (χ1n) is 7.11. The molecule has 1 aliphatic heterocycles. The van der Waals surface area contributed by atoms with Gasteiger partial charge >= 0.3 is 0 Å². The van der Waals surface area contributed by atoms with Gasteiger partial charge in [-0.05, 0) is 47.9 Å². The quantitative estimate of drug-likeness (QED) is 0.871. The molecule has 0 fully saturated rings. The summed E-state index contributed by atoms with van der Waals surface area (Å²) in [7, 11) is 0. The maximum Gasteiger partial charge on any atom is 0.246 e. The third-order valence-electron chi connectivity index (χ3n) is 3.77. The summed E-state index contributed by atoms with van der Waals surface area (Å²) < 4.78 is 0. The number of nitrogens with zero attached hydrogens (tertiary/aromatic N) is 1. The molecule has 3 rings (SSSR count). The molecule has 2 aromatic carbocycles. The summed E-state index contributed by atoms with van der Waals surface area (Å²) in [5, 5.41) is 3.39. The van der Waals surface area contributed by atoms with Crippen molar-refractivity contribution < 1.29 is 4.79 Å². The van der Waals surface area contributed by atoms with Crippen molar-refractivity contribution in [1.29, 1.82) is 0 Å². The molecule has 0 radical (unpaired) electrons. The smallest absolute Gasteiger partial charge is 0.246 e. The van der Waals surface area contributed by atoms with Gasteiger partial charge in [-0.3, -0.25) is 4.79 Å². The van der Waals surface area contributed by atoms with Crippen molar-refractivity contribution in [3.05, 3.63) is 72.3 Å². The topological polar surface area (TPSA) is 32.3 Å². The highest BCUT2D eigenvalue weighted by atomic mass is 16.2. The van der Waals surface area contributed by atoms with Crippen molar-refractivity contribution in [3.63, 3.8) is 0 Å². The minimum atomic E-state index is 0.00192. The molecule has 0 spiro atoms. The van der Waals surface area contributed by atoms with Crippen LogP contribution in [-0.4, -0.2) is 17.4 Å². The first kappa shape index (κ1) is 13.4. The second kappa shape index (κ2) is 5.83. The fourth-order valence-corrected chi connectivity index (χ4v) is 2.64. The number of nitrogens with one attached hydrogen (secondary N) is 1. The molecule has 0 atom stereocenters. The summed E-state index contributed by atoms with van der Waals surface area (Å²) in [4.78, 5) is 13.6. The van der Waals surface area contributed by atoms with Crippen molar-refractivity contribution >= 4 is 17.3 Å². The molecule has 3 heteroatoms. The van der Waals surface area contributed by atoms with Crippen LogP contribution in [0.2, 0.25) is 0 Å². The maximum atomic E-state index is 11.7. The standard InChI is InChI=1S/C18H18N2O/c1-2-18(21)20-11-10-14-8-9-17(12-15(14)13-20)19-16-6-4-3-5-7-16/h2-9,12,19H,1,10-11,13H2. The third-order valence-corrected chi connectivity index (χ3v) is 3.77. The molecule has 3 nitrogen and oxygen atoms in total. The van der Waals surface area contributed by atoms with E-state index in [0.717, 1.165) is 24.3 Å². The number of rotatable bonds is 3. The van der Waals surface area contributed by atoms with Gasteiger partial charge in [-0.2, -0.15) is 0 Å². The second-order valence-corrected chi connectivity index (χ2v) is 5.19. The Hall–Kier alpha value is -2.55. The highest BCUT2D eigenvalue weighted by molar-refractivity contribution is 5.87. The Bertz CT molecular complexity index is 664. The molecule has 0 bridgehead atoms. The maximum absolute atomic E-state index is 11.7. The van der Waals surface area contributed by atoms with E-state index in [1.165, 1.54) is 17.2 Å². The van der Waals surface area contributed by atoms with Crippen molar-refractivity contribution in [1.82, 2.24) is 4.90 Å². The van der Waals surface area contributed by atoms with Crippen LogP contribution < -0.4 is 5.32 Å². The first-order chi connectivity index (χ1) is 10.3. The molecule has 0 unspecified atom stereocenters. The molecule has 1 amide bonds. The molecule has 1 heterocycles. The number of para-hydroxylation sites is 1. The van der Waals surface area contributed by atoms with Crippen LogP contribution >= 0.6 is 0 Å². The van der Waals surface area contributed by atoms with Gasteiger partial charge in [0.1, 0.15) is 0 Å². The van der Waals surface area contributed by atoms with Crippen LogP contribution in [0.5, 0.6) is 0 Å². The van der Waals surface area contributed by atoms with Crippen molar-refractivity contribution in [2.75, 3.05) is 11.9 Å². The number of carbonyl (C=O) groups is 1. The van der Waals surface area contributed by atoms with Gasteiger partial charge in [0.2, 0.25) is 5.91 Å². The molecule has 0 aromatic heterocycles. The second-order valence-electron chi connectivity index (χ2n) is 5.19. The summed E-state index contributed by atoms with van der Waals surface area (Å²) in [6.45, 7) is 4.99. The van der Waals surface area contributed by atoms with Crippen LogP contribution in [0, 0.1) is 0 Å². The highest BCUT2D eigenvalue weighted by Gasteiger charge is 2.18. The zero-order chi connectivity index (χ0) is 14.7. The van der Waals surface area contributed by atoms with Gasteiger partial charge in [0.05, 0.1) is 0 Å². The number of benzene rings is 2. The van der Waals surface area contributed by atoms with E-state index < -0.39 is 0 Å². The summed E-state index contributed by atoms with van der Waals surface area (Å²) in [6.07, 6.45) is 2.29. The molecule has 2 aromatic rings. The fraction of sp³-hybridized carbons (Fsp3) is 0.167. The summed E-state index contributed by atoms with van der Waals surface area (Å²) in [5.41, 5.74) is 4.64. The predicted octanol–water partition coefficient (Wildman–Crippen LogP) is 3.50. The molecule has 21 heavy (non-hydrogen) atoms. The Kier molecular flexibility index (Phi) is 3.73. The Morgan fingerprint density at radius 1 is 1.10 bits per heavy atom. The predicted molar refractivity (Wildman–Crippen MR) is 85.5 cm³/mol. The molecule has 1 aliphatic rings. The highest BCUT2D eigenvalue weighted by Crippen LogP contribution is 2.24. The molecular formula is C18H18N2O. The van der Waals surface area contributed by atoms with Crippen LogP contribution in [0.25, 0.3) is 0 Å². The number of amides is 1. The Morgan fingerprint density at radius 2 is 1.90 bits per heavy atom. The van der Waals surface area contributed by atoms with E-state index in [0.29, 0.717) is 6.54 Å². The molecule has 1 N–H and O–H groups in total. The van der Waals surface area contributed by atoms with Gasteiger partial charge < -0.3 is 10.2 Å². The van der Waals surface area contributed by atoms with Gasteiger partial charge in [0.25, 0.3) is 0 Å².